The van der Waals surface area contributed by atoms with Crippen LogP contribution in [0.25, 0.3) is 0 Å². The molecule has 5 nitrogen and oxygen atoms in total. The van der Waals surface area contributed by atoms with E-state index in [1.165, 1.54) is 7.11 Å². The molecule has 0 spiro atoms. The minimum atomic E-state index is -0.430. The molecule has 0 bridgehead atoms. The Hall–Kier alpha value is -1.88. The van der Waals surface area contributed by atoms with Gasteiger partial charge in [0.05, 0.1) is 24.3 Å². The number of esters is 2. The third-order valence-electron chi connectivity index (χ3n) is 3.49. The molecule has 1 saturated carbocycles. The second-order valence-corrected chi connectivity index (χ2v) is 4.72. The molecular formula is C15H18O5. The maximum absolute atomic E-state index is 12.0. The fourth-order valence-electron chi connectivity index (χ4n) is 2.36. The maximum Gasteiger partial charge on any atom is 0.338 e. The highest BCUT2D eigenvalue weighted by Gasteiger charge is 2.30. The van der Waals surface area contributed by atoms with E-state index in [9.17, 15) is 9.59 Å². The summed E-state index contributed by atoms with van der Waals surface area (Å²) in [5.74, 6) is -0.824. The zero-order valence-corrected chi connectivity index (χ0v) is 11.6. The van der Waals surface area contributed by atoms with Crippen molar-refractivity contribution in [2.45, 2.75) is 31.5 Å². The van der Waals surface area contributed by atoms with Crippen LogP contribution < -0.4 is 0 Å². The Morgan fingerprint density at radius 3 is 2.05 bits per heavy atom. The molecule has 1 aromatic rings. The van der Waals surface area contributed by atoms with E-state index < -0.39 is 11.9 Å². The van der Waals surface area contributed by atoms with Gasteiger partial charge in [0.1, 0.15) is 6.10 Å². The third kappa shape index (κ3) is 3.17. The summed E-state index contributed by atoms with van der Waals surface area (Å²) in [5.41, 5.74) is 0.819. The Labute approximate surface area is 117 Å². The van der Waals surface area contributed by atoms with Gasteiger partial charge in [-0.25, -0.2) is 9.59 Å². The summed E-state index contributed by atoms with van der Waals surface area (Å²) >= 11 is 0. The van der Waals surface area contributed by atoms with Gasteiger partial charge in [0.25, 0.3) is 0 Å². The van der Waals surface area contributed by atoms with Crippen LogP contribution >= 0.6 is 0 Å². The summed E-state index contributed by atoms with van der Waals surface area (Å²) < 4.78 is 15.3. The van der Waals surface area contributed by atoms with Gasteiger partial charge in [0.2, 0.25) is 0 Å². The maximum atomic E-state index is 12.0. The average molecular weight is 278 g/mol. The van der Waals surface area contributed by atoms with Crippen molar-refractivity contribution in [3.63, 3.8) is 0 Å². The van der Waals surface area contributed by atoms with Crippen LogP contribution in [0.15, 0.2) is 24.3 Å². The van der Waals surface area contributed by atoms with Gasteiger partial charge in [0, 0.05) is 7.11 Å². The highest BCUT2D eigenvalue weighted by atomic mass is 16.6. The molecule has 108 valence electrons. The molecule has 1 aliphatic rings. The van der Waals surface area contributed by atoms with E-state index in [1.807, 2.05) is 0 Å². The molecule has 1 aliphatic carbocycles. The van der Waals surface area contributed by atoms with E-state index in [4.69, 9.17) is 9.47 Å². The number of methoxy groups -OCH3 is 2. The zero-order chi connectivity index (χ0) is 14.5. The molecule has 1 fully saturated rings. The van der Waals surface area contributed by atoms with Crippen LogP contribution in [0.4, 0.5) is 0 Å². The predicted octanol–water partition coefficient (Wildman–Crippen LogP) is 2.20. The van der Waals surface area contributed by atoms with Crippen LogP contribution in [0.5, 0.6) is 0 Å². The molecule has 5 heteroatoms. The summed E-state index contributed by atoms with van der Waals surface area (Å²) in [6.07, 6.45) is 2.53. The van der Waals surface area contributed by atoms with Crippen molar-refractivity contribution >= 4 is 11.9 Å². The first-order valence-electron chi connectivity index (χ1n) is 6.58. The molecule has 0 heterocycles. The second kappa shape index (κ2) is 6.52. The normalized spacial score (nSPS) is 21.5. The summed E-state index contributed by atoms with van der Waals surface area (Å²) in [4.78, 5) is 23.3. The van der Waals surface area contributed by atoms with Crippen molar-refractivity contribution < 1.29 is 23.8 Å². The van der Waals surface area contributed by atoms with E-state index >= 15 is 0 Å². The van der Waals surface area contributed by atoms with Gasteiger partial charge in [-0.1, -0.05) is 0 Å². The Bertz CT molecular complexity index is 480. The Morgan fingerprint density at radius 2 is 1.50 bits per heavy atom. The first-order valence-corrected chi connectivity index (χ1v) is 6.58. The van der Waals surface area contributed by atoms with Gasteiger partial charge in [-0.15, -0.1) is 0 Å². The monoisotopic (exact) mass is 278 g/mol. The fraction of sp³-hybridized carbons (Fsp3) is 0.467. The summed E-state index contributed by atoms with van der Waals surface area (Å²) in [6, 6.07) is 6.21. The average Bonchev–Trinajstić information content (AvgIpc) is 2.93. The van der Waals surface area contributed by atoms with Crippen LogP contribution in [-0.4, -0.2) is 38.4 Å². The number of ether oxygens (including phenoxy) is 3. The molecule has 0 amide bonds. The molecule has 0 aliphatic heterocycles. The second-order valence-electron chi connectivity index (χ2n) is 4.72. The first kappa shape index (κ1) is 14.5. The predicted molar refractivity (Wildman–Crippen MR) is 71.6 cm³/mol. The molecule has 0 N–H and O–H groups in total. The van der Waals surface area contributed by atoms with Gasteiger partial charge in [-0.2, -0.15) is 0 Å². The van der Waals surface area contributed by atoms with Crippen molar-refractivity contribution in [3.05, 3.63) is 35.4 Å². The SMILES string of the molecule is COC(=O)c1ccc(C(=O)O[C@H]2CCC[C@@H]2OC)cc1. The van der Waals surface area contributed by atoms with Crippen LogP contribution in [0.1, 0.15) is 40.0 Å². The van der Waals surface area contributed by atoms with E-state index in [-0.39, 0.29) is 12.2 Å². The van der Waals surface area contributed by atoms with Crippen LogP contribution in [0.2, 0.25) is 0 Å². The van der Waals surface area contributed by atoms with Crippen LogP contribution in [0.3, 0.4) is 0 Å². The topological polar surface area (TPSA) is 61.8 Å². The van der Waals surface area contributed by atoms with E-state index in [1.54, 1.807) is 31.4 Å². The molecule has 20 heavy (non-hydrogen) atoms. The molecule has 0 radical (unpaired) electrons. The number of carbonyl (C=O) groups is 2. The largest absolute Gasteiger partial charge is 0.465 e. The molecule has 0 aromatic heterocycles. The smallest absolute Gasteiger partial charge is 0.338 e. The van der Waals surface area contributed by atoms with Crippen molar-refractivity contribution in [1.29, 1.82) is 0 Å². The minimum absolute atomic E-state index is 0.0201. The van der Waals surface area contributed by atoms with Crippen molar-refractivity contribution in [2.24, 2.45) is 0 Å². The van der Waals surface area contributed by atoms with E-state index in [0.717, 1.165) is 19.3 Å². The molecule has 0 unspecified atom stereocenters. The molecule has 0 saturated heterocycles. The van der Waals surface area contributed by atoms with Crippen molar-refractivity contribution in [1.82, 2.24) is 0 Å². The summed E-state index contributed by atoms with van der Waals surface area (Å²) in [6.45, 7) is 0. The Balaban J connectivity index is 2.00. The number of hydrogen-bond acceptors (Lipinski definition) is 5. The minimum Gasteiger partial charge on any atom is -0.465 e. The lowest BCUT2D eigenvalue weighted by molar-refractivity contribution is -0.0206. The molecule has 1 aromatic carbocycles. The summed E-state index contributed by atoms with van der Waals surface area (Å²) in [5, 5.41) is 0. The quantitative estimate of drug-likeness (QED) is 0.790. The van der Waals surface area contributed by atoms with E-state index in [0.29, 0.717) is 11.1 Å². The van der Waals surface area contributed by atoms with Crippen LogP contribution in [-0.2, 0) is 14.2 Å². The molecule has 2 rings (SSSR count). The van der Waals surface area contributed by atoms with E-state index in [2.05, 4.69) is 4.74 Å². The highest BCUT2D eigenvalue weighted by molar-refractivity contribution is 5.93. The summed E-state index contributed by atoms with van der Waals surface area (Å²) in [7, 11) is 2.94. The fourth-order valence-corrected chi connectivity index (χ4v) is 2.36. The highest BCUT2D eigenvalue weighted by Crippen LogP contribution is 2.25. The Morgan fingerprint density at radius 1 is 0.950 bits per heavy atom. The number of rotatable bonds is 4. The van der Waals surface area contributed by atoms with Gasteiger partial charge in [0.15, 0.2) is 0 Å². The van der Waals surface area contributed by atoms with Gasteiger partial charge in [-0.05, 0) is 43.5 Å². The number of benzene rings is 1. The lowest BCUT2D eigenvalue weighted by atomic mass is 10.1. The van der Waals surface area contributed by atoms with Gasteiger partial charge >= 0.3 is 11.9 Å². The standard InChI is InChI=1S/C15H18O5/c1-18-12-4-3-5-13(12)20-15(17)11-8-6-10(7-9-11)14(16)19-2/h6-9,12-13H,3-5H2,1-2H3/t12-,13-/m0/s1. The lowest BCUT2D eigenvalue weighted by Crippen LogP contribution is -2.27. The van der Waals surface area contributed by atoms with Gasteiger partial charge in [-0.3, -0.25) is 0 Å². The molecule has 2 atom stereocenters. The first-order chi connectivity index (χ1) is 9.65. The molecular weight excluding hydrogens is 260 g/mol. The van der Waals surface area contributed by atoms with Crippen molar-refractivity contribution in [2.75, 3.05) is 14.2 Å². The number of hydrogen-bond donors (Lipinski definition) is 0. The Kier molecular flexibility index (Phi) is 4.74. The lowest BCUT2D eigenvalue weighted by Gasteiger charge is -2.18. The van der Waals surface area contributed by atoms with Crippen molar-refractivity contribution in [3.8, 4) is 0 Å². The third-order valence-corrected chi connectivity index (χ3v) is 3.49. The van der Waals surface area contributed by atoms with Crippen LogP contribution in [0, 0.1) is 0 Å². The zero-order valence-electron chi connectivity index (χ0n) is 11.6. The van der Waals surface area contributed by atoms with Gasteiger partial charge < -0.3 is 14.2 Å². The number of carbonyl (C=O) groups excluding carboxylic acids is 2.